The number of benzene rings is 1. The number of aromatic nitrogens is 1. The van der Waals surface area contributed by atoms with Crippen LogP contribution in [0.3, 0.4) is 0 Å². The number of ether oxygens (including phenoxy) is 1. The van der Waals surface area contributed by atoms with Crippen molar-refractivity contribution in [3.8, 4) is 0 Å². The van der Waals surface area contributed by atoms with Crippen LogP contribution >= 0.6 is 11.8 Å². The zero-order valence-electron chi connectivity index (χ0n) is 14.5. The molecule has 26 heavy (non-hydrogen) atoms. The van der Waals surface area contributed by atoms with Crippen molar-refractivity contribution in [1.29, 1.82) is 0 Å². The number of hydrogen-bond donors (Lipinski definition) is 1. The Morgan fingerprint density at radius 1 is 1.35 bits per heavy atom. The van der Waals surface area contributed by atoms with E-state index < -0.39 is 15.8 Å². The van der Waals surface area contributed by atoms with Crippen molar-refractivity contribution in [3.63, 3.8) is 0 Å². The highest BCUT2D eigenvalue weighted by molar-refractivity contribution is 8.02. The van der Waals surface area contributed by atoms with E-state index >= 15 is 0 Å². The summed E-state index contributed by atoms with van der Waals surface area (Å²) in [6, 6.07) is 5.79. The molecule has 1 aromatic carbocycles. The lowest BCUT2D eigenvalue weighted by molar-refractivity contribution is -0.139. The number of H-pyrrole nitrogens is 1. The summed E-state index contributed by atoms with van der Waals surface area (Å²) in [5, 5.41) is 0.764. The second-order valence-corrected chi connectivity index (χ2v) is 9.83. The van der Waals surface area contributed by atoms with Gasteiger partial charge in [0, 0.05) is 27.9 Å². The number of nitrogens with one attached hydrogen (secondary N) is 1. The second kappa shape index (κ2) is 7.84. The van der Waals surface area contributed by atoms with E-state index in [9.17, 15) is 18.0 Å². The molecule has 0 unspecified atom stereocenters. The number of ketones is 1. The van der Waals surface area contributed by atoms with Crippen LogP contribution in [0, 0.1) is 0 Å². The van der Waals surface area contributed by atoms with Crippen molar-refractivity contribution < 1.29 is 22.7 Å². The van der Waals surface area contributed by atoms with E-state index in [1.54, 1.807) is 6.20 Å². The molecule has 3 rings (SSSR count). The molecule has 1 N–H and O–H groups in total. The molecule has 1 saturated heterocycles. The quantitative estimate of drug-likeness (QED) is 0.571. The number of carbonyl (C=O) groups excluding carboxylic acids is 2. The fourth-order valence-corrected chi connectivity index (χ4v) is 6.53. The molecule has 0 spiro atoms. The molecular formula is C18H21NO5S2. The SMILES string of the molecule is CCc1cccc2c(C(=O)COC(=O)CS[C@@H]3CCS(=O)(=O)C3)c[nH]c12. The average molecular weight is 396 g/mol. The molecular weight excluding hydrogens is 374 g/mol. The second-order valence-electron chi connectivity index (χ2n) is 6.32. The molecule has 2 heterocycles. The van der Waals surface area contributed by atoms with E-state index in [1.165, 1.54) is 11.8 Å². The number of thioether (sulfide) groups is 1. The molecule has 140 valence electrons. The van der Waals surface area contributed by atoms with E-state index in [1.807, 2.05) is 25.1 Å². The maximum atomic E-state index is 12.4. The van der Waals surface area contributed by atoms with Gasteiger partial charge in [0.1, 0.15) is 0 Å². The number of para-hydroxylation sites is 1. The Balaban J connectivity index is 1.53. The zero-order valence-corrected chi connectivity index (χ0v) is 16.1. The number of aryl methyl sites for hydroxylation is 1. The molecule has 0 saturated carbocycles. The Morgan fingerprint density at radius 2 is 2.15 bits per heavy atom. The van der Waals surface area contributed by atoms with Crippen LogP contribution in [-0.2, 0) is 25.8 Å². The van der Waals surface area contributed by atoms with Gasteiger partial charge >= 0.3 is 5.97 Å². The number of Topliss-reactive ketones (excluding diaryl/α,β-unsaturated/α-hetero) is 1. The topological polar surface area (TPSA) is 93.3 Å². The van der Waals surface area contributed by atoms with E-state index in [-0.39, 0.29) is 34.9 Å². The van der Waals surface area contributed by atoms with Gasteiger partial charge in [0.15, 0.2) is 16.4 Å². The van der Waals surface area contributed by atoms with Gasteiger partial charge in [-0.15, -0.1) is 11.8 Å². The highest BCUT2D eigenvalue weighted by Crippen LogP contribution is 2.25. The first kappa shape index (κ1) is 19.0. The molecule has 1 aliphatic rings. The predicted octanol–water partition coefficient (Wildman–Crippen LogP) is 2.38. The van der Waals surface area contributed by atoms with Gasteiger partial charge in [0.2, 0.25) is 5.78 Å². The van der Waals surface area contributed by atoms with Crippen LogP contribution in [0.15, 0.2) is 24.4 Å². The standard InChI is InChI=1S/C18H21NO5S2/c1-2-12-4-3-5-14-15(8-19-18(12)14)16(20)9-24-17(21)10-25-13-6-7-26(22,23)11-13/h3-5,8,13,19H,2,6-7,9-11H2,1H3/t13-/m1/s1. The number of esters is 1. The summed E-state index contributed by atoms with van der Waals surface area (Å²) in [6.07, 6.45) is 3.07. The average Bonchev–Trinajstić information content (AvgIpc) is 3.20. The van der Waals surface area contributed by atoms with Crippen molar-refractivity contribution in [2.24, 2.45) is 0 Å². The minimum Gasteiger partial charge on any atom is -0.457 e. The summed E-state index contributed by atoms with van der Waals surface area (Å²) in [5.41, 5.74) is 2.57. The van der Waals surface area contributed by atoms with Crippen molar-refractivity contribution in [2.45, 2.75) is 25.0 Å². The van der Waals surface area contributed by atoms with Crippen LogP contribution in [0.5, 0.6) is 0 Å². The normalized spacial score (nSPS) is 18.9. The third kappa shape index (κ3) is 4.29. The lowest BCUT2D eigenvalue weighted by Gasteiger charge is -2.07. The first-order valence-electron chi connectivity index (χ1n) is 8.49. The number of carbonyl (C=O) groups is 2. The largest absolute Gasteiger partial charge is 0.457 e. The highest BCUT2D eigenvalue weighted by Gasteiger charge is 2.28. The van der Waals surface area contributed by atoms with Gasteiger partial charge in [0.05, 0.1) is 17.3 Å². The fraction of sp³-hybridized carbons (Fsp3) is 0.444. The first-order valence-corrected chi connectivity index (χ1v) is 11.4. The molecule has 1 aromatic heterocycles. The minimum atomic E-state index is -2.96. The molecule has 8 heteroatoms. The Kier molecular flexibility index (Phi) is 5.72. The Bertz CT molecular complexity index is 932. The van der Waals surface area contributed by atoms with Crippen molar-refractivity contribution in [2.75, 3.05) is 23.9 Å². The minimum absolute atomic E-state index is 0.0569. The van der Waals surface area contributed by atoms with Crippen molar-refractivity contribution in [3.05, 3.63) is 35.5 Å². The summed E-state index contributed by atoms with van der Waals surface area (Å²) in [4.78, 5) is 27.4. The molecule has 0 bridgehead atoms. The van der Waals surface area contributed by atoms with Gasteiger partial charge in [-0.3, -0.25) is 9.59 Å². The molecule has 0 aliphatic carbocycles. The van der Waals surface area contributed by atoms with Crippen LogP contribution in [0.25, 0.3) is 10.9 Å². The maximum absolute atomic E-state index is 12.4. The molecule has 1 atom stereocenters. The summed E-state index contributed by atoms with van der Waals surface area (Å²) in [6.45, 7) is 1.73. The Morgan fingerprint density at radius 3 is 2.85 bits per heavy atom. The van der Waals surface area contributed by atoms with E-state index in [2.05, 4.69) is 4.98 Å². The van der Waals surface area contributed by atoms with Gasteiger partial charge in [-0.1, -0.05) is 25.1 Å². The number of sulfone groups is 1. The van der Waals surface area contributed by atoms with E-state index in [4.69, 9.17) is 4.74 Å². The van der Waals surface area contributed by atoms with Gasteiger partial charge < -0.3 is 9.72 Å². The van der Waals surface area contributed by atoms with Crippen LogP contribution in [0.4, 0.5) is 0 Å². The van der Waals surface area contributed by atoms with Crippen molar-refractivity contribution >= 4 is 44.3 Å². The maximum Gasteiger partial charge on any atom is 0.316 e. The van der Waals surface area contributed by atoms with Crippen LogP contribution in [0.1, 0.15) is 29.3 Å². The van der Waals surface area contributed by atoms with Crippen molar-refractivity contribution in [1.82, 2.24) is 4.98 Å². The highest BCUT2D eigenvalue weighted by atomic mass is 32.2. The van der Waals surface area contributed by atoms with Crippen LogP contribution < -0.4 is 0 Å². The summed E-state index contributed by atoms with van der Waals surface area (Å²) in [5.74, 6) is -0.410. The summed E-state index contributed by atoms with van der Waals surface area (Å²) < 4.78 is 27.9. The molecule has 1 fully saturated rings. The fourth-order valence-electron chi connectivity index (χ4n) is 3.09. The first-order chi connectivity index (χ1) is 12.4. The molecule has 0 amide bonds. The number of fused-ring (bicyclic) bond motifs is 1. The lowest BCUT2D eigenvalue weighted by Crippen LogP contribution is -2.17. The monoisotopic (exact) mass is 395 g/mol. The summed E-state index contributed by atoms with van der Waals surface area (Å²) in [7, 11) is -2.96. The van der Waals surface area contributed by atoms with Gasteiger partial charge in [-0.25, -0.2) is 8.42 Å². The number of rotatable bonds is 7. The Hall–Kier alpha value is -1.80. The van der Waals surface area contributed by atoms with E-state index in [0.29, 0.717) is 12.0 Å². The zero-order chi connectivity index (χ0) is 18.7. The molecule has 6 nitrogen and oxygen atoms in total. The summed E-state index contributed by atoms with van der Waals surface area (Å²) >= 11 is 1.28. The lowest BCUT2D eigenvalue weighted by atomic mass is 10.1. The van der Waals surface area contributed by atoms with Gasteiger partial charge in [0.25, 0.3) is 0 Å². The predicted molar refractivity (Wildman–Crippen MR) is 102 cm³/mol. The van der Waals surface area contributed by atoms with Crippen LogP contribution in [0.2, 0.25) is 0 Å². The Labute approximate surface area is 156 Å². The van der Waals surface area contributed by atoms with Gasteiger partial charge in [-0.05, 0) is 18.4 Å². The van der Waals surface area contributed by atoms with Crippen LogP contribution in [-0.4, -0.2) is 54.3 Å². The molecule has 0 radical (unpaired) electrons. The molecule has 2 aromatic rings. The number of hydrogen-bond acceptors (Lipinski definition) is 6. The molecule has 1 aliphatic heterocycles. The van der Waals surface area contributed by atoms with E-state index in [0.717, 1.165) is 22.9 Å². The smallest absolute Gasteiger partial charge is 0.316 e. The van der Waals surface area contributed by atoms with Gasteiger partial charge in [-0.2, -0.15) is 0 Å². The number of aromatic amines is 1. The third-order valence-electron chi connectivity index (χ3n) is 4.47. The third-order valence-corrected chi connectivity index (χ3v) is 7.73.